The molecule has 0 radical (unpaired) electrons. The van der Waals surface area contributed by atoms with Gasteiger partial charge in [0.1, 0.15) is 11.6 Å². The lowest BCUT2D eigenvalue weighted by Crippen LogP contribution is -2.39. The molecule has 0 saturated heterocycles. The van der Waals surface area contributed by atoms with Crippen molar-refractivity contribution in [1.29, 1.82) is 0 Å². The zero-order chi connectivity index (χ0) is 21.3. The Kier molecular flexibility index (Phi) is 5.92. The fourth-order valence-electron chi connectivity index (χ4n) is 2.31. The number of nitrogens with one attached hydrogen (secondary N) is 1. The Bertz CT molecular complexity index is 1050. The van der Waals surface area contributed by atoms with E-state index in [4.69, 9.17) is 16.3 Å². The van der Waals surface area contributed by atoms with E-state index in [-0.39, 0.29) is 21.5 Å². The van der Waals surface area contributed by atoms with E-state index < -0.39 is 33.3 Å². The van der Waals surface area contributed by atoms with Gasteiger partial charge >= 0.3 is 10.2 Å². The average molecular weight is 447 g/mol. The summed E-state index contributed by atoms with van der Waals surface area (Å²) in [6, 6.07) is 2.90. The van der Waals surface area contributed by atoms with E-state index in [1.807, 2.05) is 0 Å². The zero-order valence-electron chi connectivity index (χ0n) is 15.4. The smallest absolute Gasteiger partial charge is 0.310 e. The summed E-state index contributed by atoms with van der Waals surface area (Å²) >= 11 is 6.11. The lowest BCUT2D eigenvalue weighted by molar-refractivity contribution is -0.106. The lowest BCUT2D eigenvalue weighted by atomic mass is 10.2. The van der Waals surface area contributed by atoms with Crippen LogP contribution in [0.5, 0.6) is 11.5 Å². The third-order valence-electron chi connectivity index (χ3n) is 4.01. The maximum absolute atomic E-state index is 14.5. The molecule has 0 atom stereocenters. The highest BCUT2D eigenvalue weighted by molar-refractivity contribution is 7.91. The number of carbonyl (C=O) groups is 1. The van der Waals surface area contributed by atoms with E-state index >= 15 is 0 Å². The molecule has 0 spiro atoms. The molecule has 1 aliphatic rings. The van der Waals surface area contributed by atoms with Crippen molar-refractivity contribution in [2.45, 2.75) is 18.9 Å². The standard InChI is InChI=1S/C17H17ClF2N4O4S/c1-23(2)29(26,27)24(9-25)15-6-14(20)16(7-13(15)19)28-11-5-12(18)17(21-8-11)22-10-3-4-10/h5-10H,3-4H2,1-2H3,(H,21,22). The summed E-state index contributed by atoms with van der Waals surface area (Å²) in [5.74, 6) is -2.28. The Balaban J connectivity index is 1.87. The number of pyridine rings is 1. The summed E-state index contributed by atoms with van der Waals surface area (Å²) in [5.41, 5.74) is -0.779. The average Bonchev–Trinajstić information content (AvgIpc) is 3.45. The Labute approximate surface area is 171 Å². The highest BCUT2D eigenvalue weighted by atomic mass is 35.5. The maximum Gasteiger partial charge on any atom is 0.310 e. The van der Waals surface area contributed by atoms with E-state index in [0.29, 0.717) is 28.3 Å². The molecule has 1 saturated carbocycles. The molecule has 29 heavy (non-hydrogen) atoms. The van der Waals surface area contributed by atoms with Crippen molar-refractivity contribution in [3.63, 3.8) is 0 Å². The summed E-state index contributed by atoms with van der Waals surface area (Å²) in [6.45, 7) is 0. The Morgan fingerprint density at radius 2 is 1.93 bits per heavy atom. The minimum absolute atomic E-state index is 0.0514. The number of ether oxygens (including phenoxy) is 1. The Morgan fingerprint density at radius 3 is 2.48 bits per heavy atom. The second-order valence-corrected chi connectivity index (χ2v) is 8.87. The number of rotatable bonds is 8. The van der Waals surface area contributed by atoms with Gasteiger partial charge in [-0.05, 0) is 12.8 Å². The van der Waals surface area contributed by atoms with Gasteiger partial charge in [-0.15, -0.1) is 0 Å². The van der Waals surface area contributed by atoms with Crippen LogP contribution in [0.3, 0.4) is 0 Å². The molecule has 1 amide bonds. The van der Waals surface area contributed by atoms with Gasteiger partial charge < -0.3 is 10.1 Å². The van der Waals surface area contributed by atoms with Crippen LogP contribution in [0.2, 0.25) is 5.02 Å². The first kappa shape index (κ1) is 21.2. The molecular weight excluding hydrogens is 430 g/mol. The third-order valence-corrected chi connectivity index (χ3v) is 6.00. The first-order valence-corrected chi connectivity index (χ1v) is 10.2. The van der Waals surface area contributed by atoms with Gasteiger partial charge in [0.2, 0.25) is 6.41 Å². The van der Waals surface area contributed by atoms with Crippen molar-refractivity contribution in [2.75, 3.05) is 23.7 Å². The lowest BCUT2D eigenvalue weighted by Gasteiger charge is -2.22. The van der Waals surface area contributed by atoms with Crippen molar-refractivity contribution < 1.29 is 26.7 Å². The maximum atomic E-state index is 14.5. The van der Waals surface area contributed by atoms with E-state index in [2.05, 4.69) is 10.3 Å². The van der Waals surface area contributed by atoms with Crippen LogP contribution in [0.1, 0.15) is 12.8 Å². The van der Waals surface area contributed by atoms with Crippen molar-refractivity contribution in [1.82, 2.24) is 9.29 Å². The van der Waals surface area contributed by atoms with Crippen LogP contribution >= 0.6 is 11.6 Å². The number of benzene rings is 1. The SMILES string of the molecule is CN(C)S(=O)(=O)N(C=O)c1cc(F)c(Oc2cnc(NC3CC3)c(Cl)c2)cc1F. The molecule has 0 aliphatic heterocycles. The molecule has 1 aromatic carbocycles. The molecular formula is C17H17ClF2N4O4S. The van der Waals surface area contributed by atoms with Crippen LogP contribution in [0, 0.1) is 11.6 Å². The second-order valence-electron chi connectivity index (χ2n) is 6.45. The number of anilines is 2. The summed E-state index contributed by atoms with van der Waals surface area (Å²) in [7, 11) is -2.05. The molecule has 156 valence electrons. The molecule has 3 rings (SSSR count). The van der Waals surface area contributed by atoms with E-state index in [1.165, 1.54) is 12.3 Å². The number of carbonyl (C=O) groups excluding carboxylic acids is 1. The van der Waals surface area contributed by atoms with Gasteiger partial charge in [-0.3, -0.25) is 4.79 Å². The number of halogens is 3. The Hall–Kier alpha value is -2.50. The second kappa shape index (κ2) is 8.09. The highest BCUT2D eigenvalue weighted by Gasteiger charge is 2.29. The van der Waals surface area contributed by atoms with E-state index in [9.17, 15) is 22.0 Å². The summed E-state index contributed by atoms with van der Waals surface area (Å²) in [5, 5.41) is 3.36. The normalized spacial score (nSPS) is 14.0. The minimum atomic E-state index is -4.35. The summed E-state index contributed by atoms with van der Waals surface area (Å²) in [4.78, 5) is 15.3. The van der Waals surface area contributed by atoms with Gasteiger partial charge in [-0.2, -0.15) is 17.0 Å². The number of aromatic nitrogens is 1. The van der Waals surface area contributed by atoms with Gasteiger partial charge in [0.25, 0.3) is 0 Å². The van der Waals surface area contributed by atoms with Gasteiger partial charge in [0, 0.05) is 38.3 Å². The van der Waals surface area contributed by atoms with Crippen LogP contribution in [0.4, 0.5) is 20.3 Å². The minimum Gasteiger partial charge on any atom is -0.452 e. The zero-order valence-corrected chi connectivity index (χ0v) is 17.0. The summed E-state index contributed by atoms with van der Waals surface area (Å²) in [6.07, 6.45) is 3.21. The van der Waals surface area contributed by atoms with Crippen molar-refractivity contribution >= 4 is 39.7 Å². The monoisotopic (exact) mass is 446 g/mol. The van der Waals surface area contributed by atoms with Gasteiger partial charge in [-0.1, -0.05) is 11.6 Å². The first-order valence-electron chi connectivity index (χ1n) is 8.39. The van der Waals surface area contributed by atoms with Crippen molar-refractivity contribution in [2.24, 2.45) is 0 Å². The number of hydrogen-bond donors (Lipinski definition) is 1. The molecule has 1 N–H and O–H groups in total. The number of amides is 1. The number of hydrogen-bond acceptors (Lipinski definition) is 6. The van der Waals surface area contributed by atoms with Gasteiger partial charge in [-0.25, -0.2) is 13.8 Å². The molecule has 0 unspecified atom stereocenters. The molecule has 12 heteroatoms. The van der Waals surface area contributed by atoms with Crippen LogP contribution in [-0.2, 0) is 15.0 Å². The van der Waals surface area contributed by atoms with Crippen LogP contribution < -0.4 is 14.4 Å². The molecule has 2 aromatic rings. The molecule has 1 heterocycles. The molecule has 8 nitrogen and oxygen atoms in total. The molecule has 1 aromatic heterocycles. The first-order chi connectivity index (χ1) is 13.6. The fourth-order valence-corrected chi connectivity index (χ4v) is 3.37. The predicted molar refractivity (Wildman–Crippen MR) is 103 cm³/mol. The van der Waals surface area contributed by atoms with E-state index in [0.717, 1.165) is 26.9 Å². The summed E-state index contributed by atoms with van der Waals surface area (Å²) < 4.78 is 59.2. The highest BCUT2D eigenvalue weighted by Crippen LogP contribution is 2.34. The van der Waals surface area contributed by atoms with Crippen molar-refractivity contribution in [3.8, 4) is 11.5 Å². The third kappa shape index (κ3) is 4.57. The quantitative estimate of drug-likeness (QED) is 0.626. The largest absolute Gasteiger partial charge is 0.452 e. The Morgan fingerprint density at radius 1 is 1.24 bits per heavy atom. The van der Waals surface area contributed by atoms with E-state index in [1.54, 1.807) is 0 Å². The fraction of sp³-hybridized carbons (Fsp3) is 0.294. The van der Waals surface area contributed by atoms with Crippen LogP contribution in [0.15, 0.2) is 24.4 Å². The molecule has 0 bridgehead atoms. The van der Waals surface area contributed by atoms with Gasteiger partial charge in [0.05, 0.1) is 16.9 Å². The molecule has 1 aliphatic carbocycles. The topological polar surface area (TPSA) is 91.8 Å². The van der Waals surface area contributed by atoms with Crippen LogP contribution in [-0.4, -0.2) is 44.3 Å². The van der Waals surface area contributed by atoms with Gasteiger partial charge in [0.15, 0.2) is 17.4 Å². The van der Waals surface area contributed by atoms with Crippen molar-refractivity contribution in [3.05, 3.63) is 41.1 Å². The number of nitrogens with zero attached hydrogens (tertiary/aromatic N) is 3. The van der Waals surface area contributed by atoms with Crippen LogP contribution in [0.25, 0.3) is 0 Å². The predicted octanol–water partition coefficient (Wildman–Crippen LogP) is 3.15. The molecule has 1 fully saturated rings.